The average Bonchev–Trinajstić information content (AvgIpc) is 2.87. The van der Waals surface area contributed by atoms with Crippen LogP contribution in [-0.4, -0.2) is 53.2 Å². The first-order valence-electron chi connectivity index (χ1n) is 7.09. The molecular weight excluding hydrogens is 256 g/mol. The van der Waals surface area contributed by atoms with Gasteiger partial charge in [0.2, 0.25) is 0 Å². The summed E-state index contributed by atoms with van der Waals surface area (Å²) < 4.78 is 15.8. The molecule has 5 heteroatoms. The molecule has 0 fully saturated rings. The standard InChI is InChI=1S/C15H24N2O3/c1-18-9-10-20-12-11-19-8-7-17-6-5-13-14(16)3-2-4-15(13)17/h2-4H,5-12,16H2,1H3. The van der Waals surface area contributed by atoms with E-state index in [0.29, 0.717) is 33.0 Å². The van der Waals surface area contributed by atoms with Gasteiger partial charge in [-0.1, -0.05) is 6.07 Å². The molecule has 2 N–H and O–H groups in total. The molecule has 1 aromatic rings. The quantitative estimate of drug-likeness (QED) is 0.546. The minimum atomic E-state index is 0.618. The van der Waals surface area contributed by atoms with Crippen molar-refractivity contribution in [1.82, 2.24) is 0 Å². The van der Waals surface area contributed by atoms with Gasteiger partial charge in [-0.3, -0.25) is 0 Å². The highest BCUT2D eigenvalue weighted by atomic mass is 16.5. The highest BCUT2D eigenvalue weighted by Crippen LogP contribution is 2.31. The van der Waals surface area contributed by atoms with Crippen molar-refractivity contribution in [2.75, 3.05) is 63.9 Å². The molecule has 0 saturated heterocycles. The Kier molecular flexibility index (Phi) is 6.11. The Bertz CT molecular complexity index is 412. The number of nitrogen functional groups attached to an aromatic ring is 1. The summed E-state index contributed by atoms with van der Waals surface area (Å²) in [5, 5.41) is 0. The summed E-state index contributed by atoms with van der Waals surface area (Å²) in [5.74, 6) is 0. The maximum atomic E-state index is 5.98. The van der Waals surface area contributed by atoms with E-state index in [9.17, 15) is 0 Å². The molecule has 5 nitrogen and oxygen atoms in total. The number of nitrogens with two attached hydrogens (primary N) is 1. The van der Waals surface area contributed by atoms with Gasteiger partial charge in [0.25, 0.3) is 0 Å². The molecule has 0 unspecified atom stereocenters. The molecule has 2 rings (SSSR count). The monoisotopic (exact) mass is 280 g/mol. The summed E-state index contributed by atoms with van der Waals surface area (Å²) in [5.41, 5.74) is 9.41. The molecule has 0 bridgehead atoms. The van der Waals surface area contributed by atoms with Crippen LogP contribution < -0.4 is 10.6 Å². The fourth-order valence-electron chi connectivity index (χ4n) is 2.40. The maximum Gasteiger partial charge on any atom is 0.0701 e. The maximum absolute atomic E-state index is 5.98. The molecule has 1 aliphatic rings. The van der Waals surface area contributed by atoms with Crippen LogP contribution in [0.25, 0.3) is 0 Å². The summed E-state index contributed by atoms with van der Waals surface area (Å²) in [6, 6.07) is 6.11. The van der Waals surface area contributed by atoms with Crippen molar-refractivity contribution >= 4 is 11.4 Å². The number of fused-ring (bicyclic) bond motifs is 1. The van der Waals surface area contributed by atoms with Crippen LogP contribution in [0.3, 0.4) is 0 Å². The third kappa shape index (κ3) is 4.10. The molecule has 20 heavy (non-hydrogen) atoms. The zero-order chi connectivity index (χ0) is 14.2. The van der Waals surface area contributed by atoms with Gasteiger partial charge >= 0.3 is 0 Å². The van der Waals surface area contributed by atoms with E-state index in [4.69, 9.17) is 19.9 Å². The summed E-state index contributed by atoms with van der Waals surface area (Å²) >= 11 is 0. The van der Waals surface area contributed by atoms with Crippen LogP contribution in [0.4, 0.5) is 11.4 Å². The first kappa shape index (κ1) is 15.1. The first-order chi connectivity index (χ1) is 9.83. The van der Waals surface area contributed by atoms with E-state index >= 15 is 0 Å². The van der Waals surface area contributed by atoms with E-state index in [1.807, 2.05) is 12.1 Å². The molecule has 1 heterocycles. The number of hydrogen-bond donors (Lipinski definition) is 1. The Labute approximate surface area is 120 Å². The third-order valence-corrected chi connectivity index (χ3v) is 3.47. The lowest BCUT2D eigenvalue weighted by Crippen LogP contribution is -2.25. The van der Waals surface area contributed by atoms with Crippen molar-refractivity contribution in [1.29, 1.82) is 0 Å². The van der Waals surface area contributed by atoms with Gasteiger partial charge in [-0.2, -0.15) is 0 Å². The van der Waals surface area contributed by atoms with E-state index in [1.165, 1.54) is 11.3 Å². The Balaban J connectivity index is 1.61. The largest absolute Gasteiger partial charge is 0.398 e. The smallest absolute Gasteiger partial charge is 0.0701 e. The number of ether oxygens (including phenoxy) is 3. The second-order valence-corrected chi connectivity index (χ2v) is 4.80. The van der Waals surface area contributed by atoms with Crippen molar-refractivity contribution in [3.63, 3.8) is 0 Å². The molecule has 0 amide bonds. The zero-order valence-electron chi connectivity index (χ0n) is 12.1. The topological polar surface area (TPSA) is 57.0 Å². The van der Waals surface area contributed by atoms with Crippen LogP contribution in [0.1, 0.15) is 5.56 Å². The molecule has 0 aliphatic carbocycles. The highest BCUT2D eigenvalue weighted by Gasteiger charge is 2.19. The minimum absolute atomic E-state index is 0.618. The molecule has 1 aromatic carbocycles. The van der Waals surface area contributed by atoms with Crippen molar-refractivity contribution < 1.29 is 14.2 Å². The van der Waals surface area contributed by atoms with Gasteiger partial charge in [0, 0.05) is 37.1 Å². The second kappa shape index (κ2) is 8.09. The number of hydrogen-bond acceptors (Lipinski definition) is 5. The number of benzene rings is 1. The molecule has 112 valence electrons. The molecular formula is C15H24N2O3. The molecule has 0 radical (unpaired) electrons. The Morgan fingerprint density at radius 2 is 1.85 bits per heavy atom. The lowest BCUT2D eigenvalue weighted by Gasteiger charge is -2.19. The van der Waals surface area contributed by atoms with E-state index < -0.39 is 0 Å². The highest BCUT2D eigenvalue weighted by molar-refractivity contribution is 5.68. The number of anilines is 2. The van der Waals surface area contributed by atoms with Gasteiger partial charge in [-0.15, -0.1) is 0 Å². The van der Waals surface area contributed by atoms with E-state index in [1.54, 1.807) is 7.11 Å². The second-order valence-electron chi connectivity index (χ2n) is 4.80. The van der Waals surface area contributed by atoms with Crippen LogP contribution in [-0.2, 0) is 20.6 Å². The summed E-state index contributed by atoms with van der Waals surface area (Å²) in [6.45, 7) is 5.13. The fraction of sp³-hybridized carbons (Fsp3) is 0.600. The normalized spacial score (nSPS) is 13.8. The number of methoxy groups -OCH3 is 1. The Morgan fingerprint density at radius 1 is 1.10 bits per heavy atom. The first-order valence-corrected chi connectivity index (χ1v) is 7.09. The van der Waals surface area contributed by atoms with Crippen LogP contribution in [0.15, 0.2) is 18.2 Å². The lowest BCUT2D eigenvalue weighted by molar-refractivity contribution is 0.0265. The van der Waals surface area contributed by atoms with Gasteiger partial charge in [0.05, 0.1) is 33.0 Å². The van der Waals surface area contributed by atoms with Gasteiger partial charge in [0.1, 0.15) is 0 Å². The van der Waals surface area contributed by atoms with Gasteiger partial charge in [-0.25, -0.2) is 0 Å². The summed E-state index contributed by atoms with van der Waals surface area (Å²) in [4.78, 5) is 2.33. The Hall–Kier alpha value is -1.30. The zero-order valence-corrected chi connectivity index (χ0v) is 12.1. The SMILES string of the molecule is COCCOCCOCCN1CCc2c(N)cccc21. The van der Waals surface area contributed by atoms with Crippen molar-refractivity contribution in [2.24, 2.45) is 0 Å². The number of nitrogens with zero attached hydrogens (tertiary/aromatic N) is 1. The van der Waals surface area contributed by atoms with Crippen LogP contribution in [0.5, 0.6) is 0 Å². The van der Waals surface area contributed by atoms with Gasteiger partial charge in [0.15, 0.2) is 0 Å². The molecule has 0 atom stereocenters. The van der Waals surface area contributed by atoms with E-state index in [0.717, 1.165) is 25.2 Å². The van der Waals surface area contributed by atoms with E-state index in [-0.39, 0.29) is 0 Å². The lowest BCUT2D eigenvalue weighted by atomic mass is 10.1. The van der Waals surface area contributed by atoms with Crippen molar-refractivity contribution in [2.45, 2.75) is 6.42 Å². The van der Waals surface area contributed by atoms with E-state index in [2.05, 4.69) is 11.0 Å². The predicted molar refractivity (Wildman–Crippen MR) is 80.3 cm³/mol. The third-order valence-electron chi connectivity index (χ3n) is 3.47. The van der Waals surface area contributed by atoms with Crippen LogP contribution in [0.2, 0.25) is 0 Å². The van der Waals surface area contributed by atoms with Crippen molar-refractivity contribution in [3.05, 3.63) is 23.8 Å². The molecule has 0 spiro atoms. The summed E-state index contributed by atoms with van der Waals surface area (Å²) in [7, 11) is 1.67. The molecule has 1 aliphatic heterocycles. The van der Waals surface area contributed by atoms with Crippen LogP contribution >= 0.6 is 0 Å². The summed E-state index contributed by atoms with van der Waals surface area (Å²) in [6.07, 6.45) is 1.03. The Morgan fingerprint density at radius 3 is 2.65 bits per heavy atom. The molecule has 0 aromatic heterocycles. The van der Waals surface area contributed by atoms with Gasteiger partial charge < -0.3 is 24.8 Å². The number of rotatable bonds is 9. The fourth-order valence-corrected chi connectivity index (χ4v) is 2.40. The van der Waals surface area contributed by atoms with Crippen molar-refractivity contribution in [3.8, 4) is 0 Å². The minimum Gasteiger partial charge on any atom is -0.398 e. The predicted octanol–water partition coefficient (Wildman–Crippen LogP) is 1.31. The van der Waals surface area contributed by atoms with Crippen LogP contribution in [0, 0.1) is 0 Å². The van der Waals surface area contributed by atoms with Gasteiger partial charge in [-0.05, 0) is 18.6 Å². The molecule has 0 saturated carbocycles. The average molecular weight is 280 g/mol.